The lowest BCUT2D eigenvalue weighted by Crippen LogP contribution is -2.43. The van der Waals surface area contributed by atoms with Gasteiger partial charge in [0.15, 0.2) is 0 Å². The van der Waals surface area contributed by atoms with Gasteiger partial charge >= 0.3 is 0 Å². The van der Waals surface area contributed by atoms with Crippen molar-refractivity contribution in [3.8, 4) is 0 Å². The minimum atomic E-state index is -3.04. The molecule has 1 amide bonds. The Morgan fingerprint density at radius 2 is 2.24 bits per heavy atom. The van der Waals surface area contributed by atoms with Gasteiger partial charge in [-0.25, -0.2) is 12.7 Å². The number of amides is 1. The van der Waals surface area contributed by atoms with Gasteiger partial charge < -0.3 is 10.6 Å². The average molecular weight is 261 g/mol. The average Bonchev–Trinajstić information content (AvgIpc) is 2.88. The number of sulfonamides is 1. The van der Waals surface area contributed by atoms with Gasteiger partial charge in [0.25, 0.3) is 0 Å². The van der Waals surface area contributed by atoms with Crippen molar-refractivity contribution >= 4 is 15.9 Å². The summed E-state index contributed by atoms with van der Waals surface area (Å²) in [4.78, 5) is 11.6. The number of hydrogen-bond donors (Lipinski definition) is 2. The first-order valence-electron chi connectivity index (χ1n) is 6.08. The molecule has 0 aromatic rings. The van der Waals surface area contributed by atoms with Crippen LogP contribution in [0, 0.1) is 0 Å². The highest BCUT2D eigenvalue weighted by Crippen LogP contribution is 2.11. The molecule has 2 aliphatic heterocycles. The summed E-state index contributed by atoms with van der Waals surface area (Å²) in [5, 5.41) is 5.89. The molecule has 2 fully saturated rings. The van der Waals surface area contributed by atoms with Gasteiger partial charge in [-0.05, 0) is 25.8 Å². The number of rotatable bonds is 4. The first-order valence-corrected chi connectivity index (χ1v) is 7.69. The molecule has 2 saturated heterocycles. The standard InChI is InChI=1S/C10H19N3O3S/c14-10(9-3-1-4-11-9)12-5-7-13-6-2-8-17(13,15)16/h9,11H,1-8H2,(H,12,14). The lowest BCUT2D eigenvalue weighted by Gasteiger charge is -2.16. The smallest absolute Gasteiger partial charge is 0.237 e. The molecule has 0 aliphatic carbocycles. The maximum absolute atomic E-state index is 11.6. The second-order valence-electron chi connectivity index (χ2n) is 4.51. The zero-order valence-electron chi connectivity index (χ0n) is 9.81. The summed E-state index contributed by atoms with van der Waals surface area (Å²) >= 11 is 0. The Morgan fingerprint density at radius 3 is 2.82 bits per heavy atom. The summed E-state index contributed by atoms with van der Waals surface area (Å²) in [6, 6.07) is -0.0924. The minimum Gasteiger partial charge on any atom is -0.353 e. The van der Waals surface area contributed by atoms with Crippen LogP contribution < -0.4 is 10.6 Å². The topological polar surface area (TPSA) is 78.5 Å². The lowest BCUT2D eigenvalue weighted by atomic mass is 10.2. The van der Waals surface area contributed by atoms with Crippen molar-refractivity contribution in [3.63, 3.8) is 0 Å². The molecule has 0 spiro atoms. The van der Waals surface area contributed by atoms with E-state index in [4.69, 9.17) is 0 Å². The second kappa shape index (κ2) is 5.32. The Bertz CT molecular complexity index is 376. The fourth-order valence-electron chi connectivity index (χ4n) is 2.28. The maximum atomic E-state index is 11.6. The third-order valence-electron chi connectivity index (χ3n) is 3.24. The van der Waals surface area contributed by atoms with Gasteiger partial charge in [0, 0.05) is 19.6 Å². The van der Waals surface area contributed by atoms with Gasteiger partial charge in [-0.15, -0.1) is 0 Å². The predicted molar refractivity (Wildman–Crippen MR) is 64.0 cm³/mol. The van der Waals surface area contributed by atoms with Crippen LogP contribution in [0.4, 0.5) is 0 Å². The molecule has 0 saturated carbocycles. The Hall–Kier alpha value is -0.660. The Balaban J connectivity index is 1.70. The normalized spacial score (nSPS) is 28.4. The Labute approximate surface area is 102 Å². The van der Waals surface area contributed by atoms with Gasteiger partial charge in [0.2, 0.25) is 15.9 Å². The fraction of sp³-hybridized carbons (Fsp3) is 0.900. The van der Waals surface area contributed by atoms with Crippen molar-refractivity contribution in [1.82, 2.24) is 14.9 Å². The molecule has 2 N–H and O–H groups in total. The molecule has 2 aliphatic rings. The van der Waals surface area contributed by atoms with Crippen LogP contribution in [0.2, 0.25) is 0 Å². The van der Waals surface area contributed by atoms with Gasteiger partial charge in [0.05, 0.1) is 11.8 Å². The van der Waals surface area contributed by atoms with Crippen LogP contribution in [0.3, 0.4) is 0 Å². The van der Waals surface area contributed by atoms with Gasteiger partial charge in [-0.1, -0.05) is 0 Å². The SMILES string of the molecule is O=C(NCCN1CCCS1(=O)=O)C1CCCN1. The van der Waals surface area contributed by atoms with Crippen LogP contribution in [0.15, 0.2) is 0 Å². The first-order chi connectivity index (χ1) is 8.09. The zero-order valence-corrected chi connectivity index (χ0v) is 10.6. The van der Waals surface area contributed by atoms with E-state index in [1.807, 2.05) is 0 Å². The molecule has 0 aromatic carbocycles. The van der Waals surface area contributed by atoms with Crippen molar-refractivity contribution in [2.75, 3.05) is 31.9 Å². The van der Waals surface area contributed by atoms with Crippen LogP contribution >= 0.6 is 0 Å². The van der Waals surface area contributed by atoms with Crippen LogP contribution in [-0.2, 0) is 14.8 Å². The molecule has 0 radical (unpaired) electrons. The minimum absolute atomic E-state index is 0.0147. The van der Waals surface area contributed by atoms with Crippen LogP contribution in [0.5, 0.6) is 0 Å². The predicted octanol–water partition coefficient (Wildman–Crippen LogP) is -1.11. The molecule has 2 heterocycles. The monoisotopic (exact) mass is 261 g/mol. The van der Waals surface area contributed by atoms with E-state index in [0.717, 1.165) is 19.4 Å². The Kier molecular flexibility index (Phi) is 4.01. The van der Waals surface area contributed by atoms with Crippen LogP contribution in [-0.4, -0.2) is 56.6 Å². The number of carbonyl (C=O) groups excluding carboxylic acids is 1. The number of hydrogen-bond acceptors (Lipinski definition) is 4. The highest BCUT2D eigenvalue weighted by atomic mass is 32.2. The maximum Gasteiger partial charge on any atom is 0.237 e. The highest BCUT2D eigenvalue weighted by Gasteiger charge is 2.28. The van der Waals surface area contributed by atoms with E-state index < -0.39 is 10.0 Å². The molecule has 7 heteroatoms. The summed E-state index contributed by atoms with van der Waals surface area (Å²) in [6.45, 7) is 2.26. The van der Waals surface area contributed by atoms with E-state index >= 15 is 0 Å². The zero-order chi connectivity index (χ0) is 12.3. The van der Waals surface area contributed by atoms with E-state index in [0.29, 0.717) is 26.1 Å². The van der Waals surface area contributed by atoms with Crippen molar-refractivity contribution in [2.45, 2.75) is 25.3 Å². The largest absolute Gasteiger partial charge is 0.353 e. The molecule has 6 nitrogen and oxygen atoms in total. The van der Waals surface area contributed by atoms with Gasteiger partial charge in [0.1, 0.15) is 0 Å². The van der Waals surface area contributed by atoms with E-state index in [2.05, 4.69) is 10.6 Å². The summed E-state index contributed by atoms with van der Waals surface area (Å²) in [6.07, 6.45) is 2.59. The number of carbonyl (C=O) groups is 1. The van der Waals surface area contributed by atoms with Crippen molar-refractivity contribution < 1.29 is 13.2 Å². The Morgan fingerprint density at radius 1 is 1.41 bits per heavy atom. The quantitative estimate of drug-likeness (QED) is 0.672. The van der Waals surface area contributed by atoms with E-state index in [1.165, 1.54) is 4.31 Å². The lowest BCUT2D eigenvalue weighted by molar-refractivity contribution is -0.122. The first kappa shape index (κ1) is 12.8. The molecule has 98 valence electrons. The molecule has 0 aromatic heterocycles. The summed E-state index contributed by atoms with van der Waals surface area (Å²) < 4.78 is 24.4. The number of nitrogens with zero attached hydrogens (tertiary/aromatic N) is 1. The van der Waals surface area contributed by atoms with Crippen molar-refractivity contribution in [1.29, 1.82) is 0 Å². The van der Waals surface area contributed by atoms with Gasteiger partial charge in [-0.3, -0.25) is 4.79 Å². The molecule has 17 heavy (non-hydrogen) atoms. The van der Waals surface area contributed by atoms with Crippen molar-refractivity contribution in [3.05, 3.63) is 0 Å². The van der Waals surface area contributed by atoms with Crippen LogP contribution in [0.25, 0.3) is 0 Å². The molecule has 1 unspecified atom stereocenters. The second-order valence-corrected chi connectivity index (χ2v) is 6.60. The van der Waals surface area contributed by atoms with E-state index in [-0.39, 0.29) is 17.7 Å². The third kappa shape index (κ3) is 3.17. The molecular weight excluding hydrogens is 242 g/mol. The van der Waals surface area contributed by atoms with E-state index in [9.17, 15) is 13.2 Å². The summed E-state index contributed by atoms with van der Waals surface area (Å²) in [7, 11) is -3.04. The van der Waals surface area contributed by atoms with E-state index in [1.54, 1.807) is 0 Å². The van der Waals surface area contributed by atoms with Crippen LogP contribution in [0.1, 0.15) is 19.3 Å². The molecule has 0 bridgehead atoms. The molecule has 2 rings (SSSR count). The molecule has 1 atom stereocenters. The highest BCUT2D eigenvalue weighted by molar-refractivity contribution is 7.89. The van der Waals surface area contributed by atoms with Crippen molar-refractivity contribution in [2.24, 2.45) is 0 Å². The van der Waals surface area contributed by atoms with Gasteiger partial charge in [-0.2, -0.15) is 0 Å². The number of nitrogens with one attached hydrogen (secondary N) is 2. The third-order valence-corrected chi connectivity index (χ3v) is 5.20. The molecular formula is C10H19N3O3S. The summed E-state index contributed by atoms with van der Waals surface area (Å²) in [5.41, 5.74) is 0. The fourth-order valence-corrected chi connectivity index (χ4v) is 3.81. The summed E-state index contributed by atoms with van der Waals surface area (Å²) in [5.74, 6) is 0.226.